The van der Waals surface area contributed by atoms with Gasteiger partial charge in [0.1, 0.15) is 10.6 Å². The number of fused-ring (bicyclic) bond motifs is 5. The van der Waals surface area contributed by atoms with Crippen molar-refractivity contribution in [3.05, 3.63) is 63.3 Å². The van der Waals surface area contributed by atoms with Crippen LogP contribution in [0.15, 0.2) is 30.5 Å². The molecule has 1 saturated heterocycles. The summed E-state index contributed by atoms with van der Waals surface area (Å²) >= 11 is 5.93. The Balaban J connectivity index is 1.50. The predicted molar refractivity (Wildman–Crippen MR) is 122 cm³/mol. The molecule has 0 amide bonds. The van der Waals surface area contributed by atoms with Crippen LogP contribution in [0.3, 0.4) is 0 Å². The maximum Gasteiger partial charge on any atom is 0.417 e. The summed E-state index contributed by atoms with van der Waals surface area (Å²) in [5.41, 5.74) is -5.30. The molecule has 0 radical (unpaired) electrons. The fourth-order valence-corrected chi connectivity index (χ4v) is 5.74. The zero-order chi connectivity index (χ0) is 28.7. The standard InChI is InChI=1S/C25H18ClF6N3O4/c1-22-7-13(10-38-19-16(26)5-12(9-34-19)24(27,28)29)23(2,39-22)18-17(22)20(36)35(21(18)37)14-4-3-11(8-33)15(6-14)25(30,31)32/h3-6,9,13,36-37H,7,10H2,1-2H3/t13-,22+,23-/m0/s1. The second kappa shape index (κ2) is 8.43. The molecular weight excluding hydrogens is 556 g/mol. The lowest BCUT2D eigenvalue weighted by Crippen LogP contribution is -2.33. The van der Waals surface area contributed by atoms with E-state index in [4.69, 9.17) is 26.3 Å². The quantitative estimate of drug-likeness (QED) is 0.350. The fourth-order valence-electron chi connectivity index (χ4n) is 5.52. The Bertz CT molecular complexity index is 1550. The summed E-state index contributed by atoms with van der Waals surface area (Å²) in [4.78, 5) is 3.65. The number of benzene rings is 1. The summed E-state index contributed by atoms with van der Waals surface area (Å²) in [7, 11) is 0. The molecular formula is C25H18ClF6N3O4. The van der Waals surface area contributed by atoms with E-state index in [9.17, 15) is 36.6 Å². The van der Waals surface area contributed by atoms with Crippen molar-refractivity contribution < 1.29 is 46.0 Å². The highest BCUT2D eigenvalue weighted by Crippen LogP contribution is 2.66. The number of halogens is 7. The third kappa shape index (κ3) is 4.04. The molecule has 0 unspecified atom stereocenters. The number of nitriles is 1. The van der Waals surface area contributed by atoms with Crippen LogP contribution in [-0.4, -0.2) is 26.4 Å². The van der Waals surface area contributed by atoms with E-state index in [1.165, 1.54) is 6.07 Å². The van der Waals surface area contributed by atoms with Crippen molar-refractivity contribution in [3.63, 3.8) is 0 Å². The first-order valence-corrected chi connectivity index (χ1v) is 11.7. The average Bonchev–Trinajstić information content (AvgIpc) is 3.36. The molecule has 2 aliphatic heterocycles. The SMILES string of the molecule is C[C@]12C[C@@H](COc3ncc(C(F)(F)F)cc3Cl)[C@](C)(O1)c1c2c(O)n(-c2ccc(C#N)c(C(F)(F)F)c2)c1O. The van der Waals surface area contributed by atoms with Crippen molar-refractivity contribution >= 4 is 11.6 Å². The van der Waals surface area contributed by atoms with Gasteiger partial charge < -0.3 is 19.7 Å². The van der Waals surface area contributed by atoms with Crippen molar-refractivity contribution in [2.75, 3.05) is 6.61 Å². The lowest BCUT2D eigenvalue weighted by molar-refractivity contribution is -0.138. The van der Waals surface area contributed by atoms with Crippen LogP contribution >= 0.6 is 11.6 Å². The van der Waals surface area contributed by atoms with Crippen molar-refractivity contribution in [2.24, 2.45) is 5.92 Å². The van der Waals surface area contributed by atoms with E-state index >= 15 is 0 Å². The number of hydrogen-bond donors (Lipinski definition) is 2. The summed E-state index contributed by atoms with van der Waals surface area (Å²) < 4.78 is 92.0. The Morgan fingerprint density at radius 2 is 1.79 bits per heavy atom. The average molecular weight is 574 g/mol. The van der Waals surface area contributed by atoms with E-state index in [0.717, 1.165) is 16.7 Å². The number of pyridine rings is 1. The number of aromatic hydroxyl groups is 2. The molecule has 2 aliphatic rings. The number of alkyl halides is 6. The van der Waals surface area contributed by atoms with Gasteiger partial charge in [0.25, 0.3) is 0 Å². The molecule has 5 rings (SSSR count). The number of aromatic nitrogens is 2. The normalized spacial score (nSPS) is 24.1. The zero-order valence-electron chi connectivity index (χ0n) is 20.1. The first kappa shape index (κ1) is 27.0. The summed E-state index contributed by atoms with van der Waals surface area (Å²) in [6.45, 7) is 3.08. The highest BCUT2D eigenvalue weighted by molar-refractivity contribution is 6.31. The van der Waals surface area contributed by atoms with Gasteiger partial charge in [0.2, 0.25) is 17.6 Å². The Kier molecular flexibility index (Phi) is 5.83. The molecule has 1 aromatic carbocycles. The minimum Gasteiger partial charge on any atom is -0.494 e. The molecule has 14 heteroatoms. The van der Waals surface area contributed by atoms with Gasteiger partial charge in [-0.1, -0.05) is 11.6 Å². The second-order valence-corrected chi connectivity index (χ2v) is 10.1. The van der Waals surface area contributed by atoms with Crippen LogP contribution in [0.25, 0.3) is 5.69 Å². The van der Waals surface area contributed by atoms with Gasteiger partial charge in [-0.15, -0.1) is 0 Å². The van der Waals surface area contributed by atoms with Gasteiger partial charge in [-0.25, -0.2) is 4.98 Å². The highest BCUT2D eigenvalue weighted by atomic mass is 35.5. The molecule has 1 fully saturated rings. The van der Waals surface area contributed by atoms with Gasteiger partial charge in [0, 0.05) is 12.1 Å². The Morgan fingerprint density at radius 3 is 2.38 bits per heavy atom. The highest BCUT2D eigenvalue weighted by Gasteiger charge is 2.64. The number of rotatable bonds is 4. The monoisotopic (exact) mass is 573 g/mol. The Hall–Kier alpha value is -3.63. The summed E-state index contributed by atoms with van der Waals surface area (Å²) in [6, 6.07) is 4.91. The maximum atomic E-state index is 13.5. The minimum absolute atomic E-state index is 0.131. The number of hydrogen-bond acceptors (Lipinski definition) is 6. The van der Waals surface area contributed by atoms with Crippen LogP contribution in [0.1, 0.15) is 48.1 Å². The van der Waals surface area contributed by atoms with Gasteiger partial charge >= 0.3 is 12.4 Å². The lowest BCUT2D eigenvalue weighted by atomic mass is 9.73. The predicted octanol–water partition coefficient (Wildman–Crippen LogP) is 6.41. The molecule has 3 aromatic rings. The zero-order valence-corrected chi connectivity index (χ0v) is 20.8. The molecule has 7 nitrogen and oxygen atoms in total. The van der Waals surface area contributed by atoms with Crippen LogP contribution in [0.2, 0.25) is 5.02 Å². The Morgan fingerprint density at radius 1 is 1.13 bits per heavy atom. The van der Waals surface area contributed by atoms with Crippen molar-refractivity contribution in [1.82, 2.24) is 9.55 Å². The first-order valence-electron chi connectivity index (χ1n) is 11.4. The van der Waals surface area contributed by atoms with Crippen LogP contribution in [0.4, 0.5) is 26.3 Å². The van der Waals surface area contributed by atoms with Crippen LogP contribution < -0.4 is 4.74 Å². The maximum absolute atomic E-state index is 13.5. The second-order valence-electron chi connectivity index (χ2n) is 9.73. The van der Waals surface area contributed by atoms with Gasteiger partial charge in [-0.2, -0.15) is 31.6 Å². The van der Waals surface area contributed by atoms with Crippen LogP contribution in [0, 0.1) is 17.2 Å². The van der Waals surface area contributed by atoms with E-state index < -0.39 is 57.9 Å². The molecule has 4 heterocycles. The van der Waals surface area contributed by atoms with Crippen molar-refractivity contribution in [1.29, 1.82) is 5.26 Å². The molecule has 2 N–H and O–H groups in total. The largest absolute Gasteiger partial charge is 0.494 e. The van der Waals surface area contributed by atoms with Gasteiger partial charge in [0.15, 0.2) is 0 Å². The Labute approximate surface area is 221 Å². The van der Waals surface area contributed by atoms with E-state index in [-0.39, 0.29) is 40.7 Å². The van der Waals surface area contributed by atoms with Crippen LogP contribution in [-0.2, 0) is 28.3 Å². The summed E-state index contributed by atoms with van der Waals surface area (Å²) in [5, 5.41) is 30.9. The topological polar surface area (TPSA) is 101 Å². The molecule has 39 heavy (non-hydrogen) atoms. The van der Waals surface area contributed by atoms with Crippen molar-refractivity contribution in [3.8, 4) is 29.4 Å². The summed E-state index contributed by atoms with van der Waals surface area (Å²) in [6.07, 6.45) is -8.70. The molecule has 0 spiro atoms. The fraction of sp³-hybridized carbons (Fsp3) is 0.360. The number of ether oxygens (including phenoxy) is 2. The van der Waals surface area contributed by atoms with E-state index in [1.54, 1.807) is 13.8 Å². The molecule has 2 aromatic heterocycles. The lowest BCUT2D eigenvalue weighted by Gasteiger charge is -2.29. The minimum atomic E-state index is -4.86. The first-order chi connectivity index (χ1) is 18.0. The van der Waals surface area contributed by atoms with E-state index in [1.807, 2.05) is 0 Å². The summed E-state index contributed by atoms with van der Waals surface area (Å²) in [5.74, 6) is -1.87. The van der Waals surface area contributed by atoms with Gasteiger partial charge in [-0.05, 0) is 44.5 Å². The van der Waals surface area contributed by atoms with Gasteiger partial charge in [-0.3, -0.25) is 4.57 Å². The van der Waals surface area contributed by atoms with Crippen LogP contribution in [0.5, 0.6) is 17.6 Å². The molecule has 3 atom stereocenters. The molecule has 0 aliphatic carbocycles. The molecule has 0 saturated carbocycles. The third-order valence-corrected chi connectivity index (χ3v) is 7.51. The third-order valence-electron chi connectivity index (χ3n) is 7.24. The van der Waals surface area contributed by atoms with E-state index in [0.29, 0.717) is 18.3 Å². The molecule has 206 valence electrons. The molecule has 2 bridgehead atoms. The van der Waals surface area contributed by atoms with E-state index in [2.05, 4.69) is 4.98 Å². The smallest absolute Gasteiger partial charge is 0.417 e. The van der Waals surface area contributed by atoms with Gasteiger partial charge in [0.05, 0.1) is 51.8 Å². The number of nitrogens with zero attached hydrogens (tertiary/aromatic N) is 3. The van der Waals surface area contributed by atoms with Crippen molar-refractivity contribution in [2.45, 2.75) is 43.8 Å².